The van der Waals surface area contributed by atoms with Crippen LogP contribution in [0.1, 0.15) is 0 Å². The van der Waals surface area contributed by atoms with Gasteiger partial charge in [0.2, 0.25) is 0 Å². The van der Waals surface area contributed by atoms with Crippen LogP contribution in [-0.4, -0.2) is 31.7 Å². The van der Waals surface area contributed by atoms with E-state index in [4.69, 9.17) is 0 Å². The quantitative estimate of drug-likeness (QED) is 0.557. The van der Waals surface area contributed by atoms with Crippen LogP contribution in [0.5, 0.6) is 0 Å². The Balaban J connectivity index is 5.38. The molecule has 1 atom stereocenters. The third-order valence-electron chi connectivity index (χ3n) is 1.17. The van der Waals surface area contributed by atoms with Crippen LogP contribution in [0.25, 0.3) is 0 Å². The van der Waals surface area contributed by atoms with Gasteiger partial charge in [0.25, 0.3) is 0 Å². The summed E-state index contributed by atoms with van der Waals surface area (Å²) in [5, 5.41) is 0. The van der Waals surface area contributed by atoms with Crippen LogP contribution in [0.3, 0.4) is 0 Å². The molecule has 0 aliphatic rings. The fourth-order valence-electron chi connectivity index (χ4n) is 0.614. The highest BCUT2D eigenvalue weighted by atomic mass is 19.4. The summed E-state index contributed by atoms with van der Waals surface area (Å²) in [5.41, 5.74) is 0. The van der Waals surface area contributed by atoms with Crippen molar-refractivity contribution in [1.29, 1.82) is 0 Å². The molecule has 0 rings (SSSR count). The van der Waals surface area contributed by atoms with Crippen LogP contribution in [0, 0.1) is 0 Å². The fraction of sp³-hybridized carbons (Fsp3) is 1.00. The Kier molecular flexibility index (Phi) is 5.38. The van der Waals surface area contributed by atoms with Crippen LogP contribution in [0.2, 0.25) is 0 Å². The van der Waals surface area contributed by atoms with Crippen LogP contribution in [0.15, 0.2) is 0 Å². The first-order valence-corrected chi connectivity index (χ1v) is 3.70. The van der Waals surface area contributed by atoms with Crippen LogP contribution in [0.4, 0.5) is 44.0 Å². The molecule has 0 saturated carbocycles. The molecule has 0 radical (unpaired) electrons. The van der Waals surface area contributed by atoms with Gasteiger partial charge in [0.15, 0.2) is 6.86 Å². The second kappa shape index (κ2) is 5.64. The number of rotatable bonds is 6. The summed E-state index contributed by atoms with van der Waals surface area (Å²) in [6.07, 6.45) is -18.5. The lowest BCUT2D eigenvalue weighted by Gasteiger charge is -2.32. The topological polar surface area (TPSA) is 36.9 Å². The maximum absolute atomic E-state index is 12.3. The maximum atomic E-state index is 12.3. The van der Waals surface area contributed by atoms with Gasteiger partial charge < -0.3 is 0 Å². The molecule has 116 valence electrons. The average molecular weight is 316 g/mol. The molecule has 0 saturated heterocycles. The van der Waals surface area contributed by atoms with Crippen molar-refractivity contribution >= 4 is 0 Å². The van der Waals surface area contributed by atoms with E-state index >= 15 is 0 Å². The van der Waals surface area contributed by atoms with E-state index in [1.165, 1.54) is 0 Å². The third kappa shape index (κ3) is 5.33. The number of halogens is 10. The van der Waals surface area contributed by atoms with E-state index in [-0.39, 0.29) is 0 Å². The van der Waals surface area contributed by atoms with E-state index in [9.17, 15) is 44.0 Å². The standard InChI is InChI=1S/C5H2F10O4/c6-1-16-5(13,14)18-3(19-15,2(7,8)9)17-4(10,11)12/h1H2. The van der Waals surface area contributed by atoms with Crippen molar-refractivity contribution in [3.8, 4) is 0 Å². The van der Waals surface area contributed by atoms with Crippen LogP contribution >= 0.6 is 0 Å². The summed E-state index contributed by atoms with van der Waals surface area (Å²) >= 11 is 0. The molecule has 0 aromatic heterocycles. The second-order valence-electron chi connectivity index (χ2n) is 2.50. The molecule has 0 fully saturated rings. The lowest BCUT2D eigenvalue weighted by Crippen LogP contribution is -2.57. The predicted molar refractivity (Wildman–Crippen MR) is 31.2 cm³/mol. The van der Waals surface area contributed by atoms with E-state index in [1.807, 2.05) is 4.74 Å². The van der Waals surface area contributed by atoms with Gasteiger partial charge in [-0.05, 0) is 4.53 Å². The maximum Gasteiger partial charge on any atom is 0.527 e. The largest absolute Gasteiger partial charge is 0.527 e. The van der Waals surface area contributed by atoms with Crippen molar-refractivity contribution in [2.75, 3.05) is 6.86 Å². The molecular formula is C5H2F10O4. The number of hydrogen-bond donors (Lipinski definition) is 0. The van der Waals surface area contributed by atoms with E-state index in [0.717, 1.165) is 0 Å². The van der Waals surface area contributed by atoms with Gasteiger partial charge >= 0.3 is 24.8 Å². The fourth-order valence-corrected chi connectivity index (χ4v) is 0.614. The zero-order chi connectivity index (χ0) is 15.5. The third-order valence-corrected chi connectivity index (χ3v) is 1.17. The van der Waals surface area contributed by atoms with E-state index < -0.39 is 31.7 Å². The SMILES string of the molecule is FCOC(F)(F)OC(OF)(OC(F)(F)F)C(F)(F)F. The predicted octanol–water partition coefficient (Wildman–Crippen LogP) is 3.15. The second-order valence-corrected chi connectivity index (χ2v) is 2.50. The van der Waals surface area contributed by atoms with Crippen molar-refractivity contribution in [3.05, 3.63) is 0 Å². The Morgan fingerprint density at radius 1 is 0.789 bits per heavy atom. The Hall–Kier alpha value is -0.860. The zero-order valence-electron chi connectivity index (χ0n) is 8.12. The smallest absolute Gasteiger partial charge is 0.264 e. The number of alkyl halides is 9. The summed E-state index contributed by atoms with van der Waals surface area (Å²) in [7, 11) is 0. The summed E-state index contributed by atoms with van der Waals surface area (Å²) < 4.78 is 126. The molecule has 0 spiro atoms. The van der Waals surface area contributed by atoms with E-state index in [2.05, 4.69) is 9.47 Å². The molecule has 0 N–H and O–H groups in total. The Morgan fingerprint density at radius 3 is 1.53 bits per heavy atom. The van der Waals surface area contributed by atoms with E-state index in [0.29, 0.717) is 0 Å². The molecule has 19 heavy (non-hydrogen) atoms. The first kappa shape index (κ1) is 18.1. The van der Waals surface area contributed by atoms with Crippen molar-refractivity contribution < 1.29 is 63.2 Å². The monoisotopic (exact) mass is 316 g/mol. The molecule has 0 aliphatic heterocycles. The average Bonchev–Trinajstić information content (AvgIpc) is 2.11. The number of ether oxygens (including phenoxy) is 3. The summed E-state index contributed by atoms with van der Waals surface area (Å²) in [5.74, 6) is -5.88. The van der Waals surface area contributed by atoms with Crippen LogP contribution in [-0.2, 0) is 19.2 Å². The molecule has 1 unspecified atom stereocenters. The first-order valence-electron chi connectivity index (χ1n) is 3.70. The Morgan fingerprint density at radius 2 is 1.26 bits per heavy atom. The zero-order valence-corrected chi connectivity index (χ0v) is 8.12. The van der Waals surface area contributed by atoms with Gasteiger partial charge in [0.05, 0.1) is 0 Å². The minimum Gasteiger partial charge on any atom is -0.264 e. The van der Waals surface area contributed by atoms with Crippen molar-refractivity contribution in [1.82, 2.24) is 0 Å². The summed E-state index contributed by atoms with van der Waals surface area (Å²) in [4.78, 5) is 1.69. The molecule has 0 bridgehead atoms. The van der Waals surface area contributed by atoms with Gasteiger partial charge in [0, 0.05) is 0 Å². The Bertz CT molecular complexity index is 287. The highest BCUT2D eigenvalue weighted by Gasteiger charge is 2.70. The van der Waals surface area contributed by atoms with Gasteiger partial charge in [-0.3, -0.25) is 4.74 Å². The molecule has 14 heteroatoms. The summed E-state index contributed by atoms with van der Waals surface area (Å²) in [6, 6.07) is 0. The molecule has 0 amide bonds. The van der Waals surface area contributed by atoms with Crippen molar-refractivity contribution in [2.45, 2.75) is 24.8 Å². The highest BCUT2D eigenvalue weighted by molar-refractivity contribution is 4.69. The van der Waals surface area contributed by atoms with Gasteiger partial charge in [-0.1, -0.05) is 0 Å². The Labute approximate surface area is 96.2 Å². The molecule has 0 aromatic carbocycles. The molecule has 0 aliphatic carbocycles. The van der Waals surface area contributed by atoms with E-state index in [1.54, 1.807) is 4.94 Å². The van der Waals surface area contributed by atoms with Crippen LogP contribution < -0.4 is 0 Å². The molecule has 0 heterocycles. The van der Waals surface area contributed by atoms with Crippen molar-refractivity contribution in [3.63, 3.8) is 0 Å². The van der Waals surface area contributed by atoms with Crippen molar-refractivity contribution in [2.24, 2.45) is 0 Å². The van der Waals surface area contributed by atoms with Gasteiger partial charge in [-0.2, -0.15) is 13.2 Å². The lowest BCUT2D eigenvalue weighted by molar-refractivity contribution is -0.628. The molecule has 0 aromatic rings. The highest BCUT2D eigenvalue weighted by Crippen LogP contribution is 2.43. The van der Waals surface area contributed by atoms with Gasteiger partial charge in [-0.25, -0.2) is 13.9 Å². The number of hydrogen-bond acceptors (Lipinski definition) is 4. The lowest BCUT2D eigenvalue weighted by atomic mass is 10.5. The molecular weight excluding hydrogens is 314 g/mol. The minimum absolute atomic E-state index is 1.69. The first-order chi connectivity index (χ1) is 8.29. The van der Waals surface area contributed by atoms with Gasteiger partial charge in [0.1, 0.15) is 0 Å². The summed E-state index contributed by atoms with van der Waals surface area (Å²) in [6.45, 7) is -2.46. The molecule has 4 nitrogen and oxygen atoms in total. The normalized spacial score (nSPS) is 17.4. The minimum atomic E-state index is -6.57. The van der Waals surface area contributed by atoms with Gasteiger partial charge in [-0.15, -0.1) is 26.9 Å².